The highest BCUT2D eigenvalue weighted by atomic mass is 32.1. The van der Waals surface area contributed by atoms with E-state index in [9.17, 15) is 0 Å². The van der Waals surface area contributed by atoms with E-state index < -0.39 is 0 Å². The number of aromatic nitrogens is 5. The Balaban J connectivity index is 1.02. The van der Waals surface area contributed by atoms with E-state index in [2.05, 4.69) is 174 Å². The SMILES string of the molecule is c1ccc(-c2nc(-c3ccccc3)nc(-c3cc(-c4ccc(-c5ccccc5)c(-c5ccccc5)c4)cnc3-c3ccc4c(c3)sc3cc5c(cc34)c3ccccc3n5-c3ccccc3)n2)cc1. The third-order valence-corrected chi connectivity index (χ3v) is 14.0. The molecular weight excluding hydrogens is 847 g/mol. The molecule has 0 aliphatic rings. The number of thiophene rings is 1. The van der Waals surface area contributed by atoms with Gasteiger partial charge in [-0.2, -0.15) is 0 Å². The summed E-state index contributed by atoms with van der Waals surface area (Å²) < 4.78 is 4.81. The second-order valence-electron chi connectivity index (χ2n) is 17.0. The minimum atomic E-state index is 0.554. The summed E-state index contributed by atoms with van der Waals surface area (Å²) >= 11 is 1.82. The first kappa shape index (κ1) is 39.5. The van der Waals surface area contributed by atoms with Crippen LogP contribution in [0.2, 0.25) is 0 Å². The third-order valence-electron chi connectivity index (χ3n) is 12.9. The molecule has 5 nitrogen and oxygen atoms in total. The van der Waals surface area contributed by atoms with Crippen LogP contribution in [-0.2, 0) is 0 Å². The quantitative estimate of drug-likeness (QED) is 0.153. The van der Waals surface area contributed by atoms with E-state index in [0.29, 0.717) is 17.5 Å². The molecule has 0 spiro atoms. The maximum atomic E-state index is 5.37. The lowest BCUT2D eigenvalue weighted by Gasteiger charge is -2.15. The molecular formula is C62H39N5S. The van der Waals surface area contributed by atoms with Crippen molar-refractivity contribution >= 4 is 53.3 Å². The van der Waals surface area contributed by atoms with Crippen molar-refractivity contribution in [1.29, 1.82) is 0 Å². The average Bonchev–Trinajstić information content (AvgIpc) is 3.95. The van der Waals surface area contributed by atoms with Gasteiger partial charge in [0.1, 0.15) is 0 Å². The number of pyridine rings is 1. The van der Waals surface area contributed by atoms with Crippen LogP contribution in [0.4, 0.5) is 0 Å². The lowest BCUT2D eigenvalue weighted by Crippen LogP contribution is -2.02. The van der Waals surface area contributed by atoms with Gasteiger partial charge in [0.2, 0.25) is 0 Å². The molecule has 4 aromatic heterocycles. The molecule has 0 atom stereocenters. The summed E-state index contributed by atoms with van der Waals surface area (Å²) in [5.41, 5.74) is 14.6. The van der Waals surface area contributed by atoms with Crippen molar-refractivity contribution in [2.24, 2.45) is 0 Å². The van der Waals surface area contributed by atoms with Crippen molar-refractivity contribution in [3.8, 4) is 84.5 Å². The van der Waals surface area contributed by atoms with Gasteiger partial charge in [0.15, 0.2) is 17.5 Å². The normalized spacial score (nSPS) is 11.5. The van der Waals surface area contributed by atoms with Gasteiger partial charge >= 0.3 is 0 Å². The van der Waals surface area contributed by atoms with Crippen molar-refractivity contribution in [3.05, 3.63) is 237 Å². The summed E-state index contributed by atoms with van der Waals surface area (Å²) in [5.74, 6) is 1.76. The van der Waals surface area contributed by atoms with E-state index in [4.69, 9.17) is 19.9 Å². The maximum Gasteiger partial charge on any atom is 0.166 e. The first-order chi connectivity index (χ1) is 33.7. The number of hydrogen-bond donors (Lipinski definition) is 0. The van der Waals surface area contributed by atoms with E-state index in [-0.39, 0.29) is 0 Å². The molecule has 0 aliphatic carbocycles. The minimum absolute atomic E-state index is 0.554. The number of nitrogens with zero attached hydrogens (tertiary/aromatic N) is 5. The van der Waals surface area contributed by atoms with Crippen LogP contribution in [0.15, 0.2) is 237 Å². The fraction of sp³-hybridized carbons (Fsp3) is 0. The number of benzene rings is 9. The number of para-hydroxylation sites is 2. The molecule has 13 aromatic rings. The van der Waals surface area contributed by atoms with Crippen LogP contribution in [0.3, 0.4) is 0 Å². The lowest BCUT2D eigenvalue weighted by molar-refractivity contribution is 1.07. The van der Waals surface area contributed by atoms with Gasteiger partial charge in [0, 0.05) is 70.6 Å². The van der Waals surface area contributed by atoms with Gasteiger partial charge in [-0.05, 0) is 76.3 Å². The van der Waals surface area contributed by atoms with Crippen LogP contribution in [0.5, 0.6) is 0 Å². The number of rotatable bonds is 8. The third kappa shape index (κ3) is 6.94. The van der Waals surface area contributed by atoms with Crippen molar-refractivity contribution in [3.63, 3.8) is 0 Å². The smallest absolute Gasteiger partial charge is 0.166 e. The number of hydrogen-bond acceptors (Lipinski definition) is 5. The van der Waals surface area contributed by atoms with E-state index >= 15 is 0 Å². The second-order valence-corrected chi connectivity index (χ2v) is 18.1. The molecule has 0 saturated heterocycles. The van der Waals surface area contributed by atoms with Gasteiger partial charge in [0.05, 0.1) is 16.7 Å². The standard InChI is InChI=1S/C62H39N5S/c1-6-18-40(19-7-1)48-32-30-44(34-51(48)41-20-8-2-9-21-41)46-35-54(62-65-60(42-22-10-3-11-23-42)64-61(66-62)43-24-12-4-13-25-43)59(63-39-46)45-31-33-50-53-37-52-49-28-16-17-29-55(49)67(47-26-14-5-15-27-47)56(52)38-58(53)68-57(50)36-45/h1-39H. The predicted molar refractivity (Wildman–Crippen MR) is 283 cm³/mol. The first-order valence-corrected chi connectivity index (χ1v) is 23.6. The molecule has 0 radical (unpaired) electrons. The van der Waals surface area contributed by atoms with Crippen LogP contribution >= 0.6 is 11.3 Å². The summed E-state index contributed by atoms with van der Waals surface area (Å²) in [6.45, 7) is 0. The van der Waals surface area contributed by atoms with Crippen molar-refractivity contribution in [2.45, 2.75) is 0 Å². The zero-order valence-corrected chi connectivity index (χ0v) is 37.5. The lowest BCUT2D eigenvalue weighted by atomic mass is 9.91. The minimum Gasteiger partial charge on any atom is -0.309 e. The van der Waals surface area contributed by atoms with E-state index in [0.717, 1.165) is 55.9 Å². The summed E-state index contributed by atoms with van der Waals surface area (Å²) in [4.78, 5) is 20.9. The molecule has 0 saturated carbocycles. The molecule has 0 unspecified atom stereocenters. The molecule has 0 bridgehead atoms. The fourth-order valence-corrected chi connectivity index (χ4v) is 10.8. The fourth-order valence-electron chi connectivity index (χ4n) is 9.64. The summed E-state index contributed by atoms with van der Waals surface area (Å²) in [6.07, 6.45) is 2.00. The summed E-state index contributed by atoms with van der Waals surface area (Å²) in [7, 11) is 0. The van der Waals surface area contributed by atoms with Crippen LogP contribution in [0.1, 0.15) is 0 Å². The molecule has 0 aliphatic heterocycles. The molecule has 0 amide bonds. The Labute approximate surface area is 397 Å². The van der Waals surface area contributed by atoms with Gasteiger partial charge in [0.25, 0.3) is 0 Å². The second kappa shape index (κ2) is 16.5. The molecule has 9 aromatic carbocycles. The van der Waals surface area contributed by atoms with E-state index in [1.807, 2.05) is 78.2 Å². The highest BCUT2D eigenvalue weighted by Gasteiger charge is 2.21. The zero-order chi connectivity index (χ0) is 45.0. The highest BCUT2D eigenvalue weighted by Crippen LogP contribution is 2.44. The van der Waals surface area contributed by atoms with Gasteiger partial charge in [-0.3, -0.25) is 4.98 Å². The number of fused-ring (bicyclic) bond motifs is 6. The molecule has 68 heavy (non-hydrogen) atoms. The Morgan fingerprint density at radius 1 is 0.309 bits per heavy atom. The highest BCUT2D eigenvalue weighted by molar-refractivity contribution is 7.26. The Morgan fingerprint density at radius 3 is 1.53 bits per heavy atom. The van der Waals surface area contributed by atoms with Crippen LogP contribution in [-0.4, -0.2) is 24.5 Å². The maximum absolute atomic E-state index is 5.37. The molecule has 0 N–H and O–H groups in total. The molecule has 318 valence electrons. The average molecular weight is 886 g/mol. The van der Waals surface area contributed by atoms with Crippen molar-refractivity contribution < 1.29 is 0 Å². The summed E-state index contributed by atoms with van der Waals surface area (Å²) in [6, 6.07) is 81.3. The first-order valence-electron chi connectivity index (χ1n) is 22.8. The van der Waals surface area contributed by atoms with Gasteiger partial charge < -0.3 is 4.57 Å². The Kier molecular flexibility index (Phi) is 9.62. The topological polar surface area (TPSA) is 56.5 Å². The Bertz CT molecular complexity index is 3940. The van der Waals surface area contributed by atoms with E-state index in [1.165, 1.54) is 53.1 Å². The monoisotopic (exact) mass is 885 g/mol. The Morgan fingerprint density at radius 2 is 0.853 bits per heavy atom. The van der Waals surface area contributed by atoms with Crippen molar-refractivity contribution in [1.82, 2.24) is 24.5 Å². The Hall–Kier alpha value is -8.84. The largest absolute Gasteiger partial charge is 0.309 e. The molecule has 6 heteroatoms. The molecule has 4 heterocycles. The van der Waals surface area contributed by atoms with Gasteiger partial charge in [-0.1, -0.05) is 182 Å². The predicted octanol–water partition coefficient (Wildman–Crippen LogP) is 16.4. The van der Waals surface area contributed by atoms with Crippen LogP contribution in [0, 0.1) is 0 Å². The van der Waals surface area contributed by atoms with E-state index in [1.54, 1.807) is 0 Å². The van der Waals surface area contributed by atoms with Gasteiger partial charge in [-0.25, -0.2) is 15.0 Å². The molecule has 13 rings (SSSR count). The van der Waals surface area contributed by atoms with Gasteiger partial charge in [-0.15, -0.1) is 11.3 Å². The van der Waals surface area contributed by atoms with Crippen LogP contribution in [0.25, 0.3) is 126 Å². The summed E-state index contributed by atoms with van der Waals surface area (Å²) in [5, 5.41) is 4.95. The molecule has 0 fully saturated rings. The zero-order valence-electron chi connectivity index (χ0n) is 36.7. The van der Waals surface area contributed by atoms with Crippen LogP contribution < -0.4 is 0 Å². The van der Waals surface area contributed by atoms with Crippen molar-refractivity contribution in [2.75, 3.05) is 0 Å².